The van der Waals surface area contributed by atoms with Crippen LogP contribution >= 0.6 is 0 Å². The summed E-state index contributed by atoms with van der Waals surface area (Å²) in [6, 6.07) is 9.23. The van der Waals surface area contributed by atoms with Crippen molar-refractivity contribution in [3.8, 4) is 0 Å². The molecule has 15 heavy (non-hydrogen) atoms. The number of fused-ring (bicyclic) bond motifs is 1. The van der Waals surface area contributed by atoms with Gasteiger partial charge in [0.2, 0.25) is 0 Å². The van der Waals surface area contributed by atoms with E-state index in [0.29, 0.717) is 11.2 Å². The van der Waals surface area contributed by atoms with E-state index < -0.39 is 7.12 Å². The van der Waals surface area contributed by atoms with Gasteiger partial charge in [0.1, 0.15) is 0 Å². The standard InChI is InChI=1S/C11H10BNO2/c1-2-10-9(12(14)15)7-8-5-3-4-6-11(8)13-10/h2-7,14-15H,1H2. The maximum atomic E-state index is 9.16. The Kier molecular flexibility index (Phi) is 2.54. The zero-order chi connectivity index (χ0) is 10.8. The summed E-state index contributed by atoms with van der Waals surface area (Å²) in [7, 11) is -1.52. The minimum Gasteiger partial charge on any atom is -0.423 e. The molecule has 3 nitrogen and oxygen atoms in total. The van der Waals surface area contributed by atoms with Crippen molar-refractivity contribution in [2.75, 3.05) is 0 Å². The number of rotatable bonds is 2. The number of hydrogen-bond donors (Lipinski definition) is 2. The predicted molar refractivity (Wildman–Crippen MR) is 61.7 cm³/mol. The zero-order valence-corrected chi connectivity index (χ0v) is 8.09. The molecule has 0 radical (unpaired) electrons. The highest BCUT2D eigenvalue weighted by Gasteiger charge is 2.16. The molecule has 0 spiro atoms. The first kappa shape index (κ1) is 9.89. The second kappa shape index (κ2) is 3.84. The fourth-order valence-electron chi connectivity index (χ4n) is 1.52. The SMILES string of the molecule is C=Cc1nc2ccccc2cc1B(O)O. The smallest absolute Gasteiger partial charge is 0.423 e. The quantitative estimate of drug-likeness (QED) is 0.694. The molecule has 0 unspecified atom stereocenters. The van der Waals surface area contributed by atoms with Gasteiger partial charge in [0.25, 0.3) is 0 Å². The van der Waals surface area contributed by atoms with E-state index in [9.17, 15) is 0 Å². The molecule has 0 amide bonds. The first-order valence-electron chi connectivity index (χ1n) is 4.60. The second-order valence-electron chi connectivity index (χ2n) is 3.23. The summed E-state index contributed by atoms with van der Waals surface area (Å²) in [5.41, 5.74) is 1.70. The lowest BCUT2D eigenvalue weighted by Gasteiger charge is -2.06. The van der Waals surface area contributed by atoms with E-state index in [1.807, 2.05) is 24.3 Å². The number of aromatic nitrogens is 1. The lowest BCUT2D eigenvalue weighted by Crippen LogP contribution is -2.32. The van der Waals surface area contributed by atoms with Gasteiger partial charge in [0.15, 0.2) is 0 Å². The molecular weight excluding hydrogens is 189 g/mol. The molecule has 0 aliphatic carbocycles. The molecule has 0 aliphatic rings. The van der Waals surface area contributed by atoms with E-state index in [4.69, 9.17) is 10.0 Å². The van der Waals surface area contributed by atoms with Crippen LogP contribution < -0.4 is 5.46 Å². The fraction of sp³-hybridized carbons (Fsp3) is 0. The number of pyridine rings is 1. The van der Waals surface area contributed by atoms with Crippen molar-refractivity contribution in [1.82, 2.24) is 4.98 Å². The molecule has 0 saturated heterocycles. The summed E-state index contributed by atoms with van der Waals surface area (Å²) < 4.78 is 0. The molecule has 2 rings (SSSR count). The summed E-state index contributed by atoms with van der Waals surface area (Å²) in [5, 5.41) is 19.2. The van der Waals surface area contributed by atoms with Crippen molar-refractivity contribution in [3.05, 3.63) is 42.6 Å². The number of hydrogen-bond acceptors (Lipinski definition) is 3. The van der Waals surface area contributed by atoms with Crippen LogP contribution in [0.2, 0.25) is 0 Å². The highest BCUT2D eigenvalue weighted by atomic mass is 16.4. The van der Waals surface area contributed by atoms with Crippen molar-refractivity contribution in [1.29, 1.82) is 0 Å². The molecule has 0 bridgehead atoms. The van der Waals surface area contributed by atoms with Gasteiger partial charge in [-0.15, -0.1) is 0 Å². The van der Waals surface area contributed by atoms with Gasteiger partial charge in [-0.1, -0.05) is 30.8 Å². The number of nitrogens with zero attached hydrogens (tertiary/aromatic N) is 1. The van der Waals surface area contributed by atoms with Crippen LogP contribution in [0.4, 0.5) is 0 Å². The number of benzene rings is 1. The lowest BCUT2D eigenvalue weighted by atomic mass is 9.78. The second-order valence-corrected chi connectivity index (χ2v) is 3.23. The molecule has 2 aromatic rings. The third kappa shape index (κ3) is 1.77. The highest BCUT2D eigenvalue weighted by Crippen LogP contribution is 2.11. The third-order valence-electron chi connectivity index (χ3n) is 2.26. The third-order valence-corrected chi connectivity index (χ3v) is 2.26. The van der Waals surface area contributed by atoms with Crippen LogP contribution in [-0.2, 0) is 0 Å². The molecule has 2 N–H and O–H groups in total. The van der Waals surface area contributed by atoms with Crippen molar-refractivity contribution in [3.63, 3.8) is 0 Å². The van der Waals surface area contributed by atoms with Crippen LogP contribution in [0.3, 0.4) is 0 Å². The van der Waals surface area contributed by atoms with Gasteiger partial charge in [-0.2, -0.15) is 0 Å². The van der Waals surface area contributed by atoms with Crippen LogP contribution in [0.5, 0.6) is 0 Å². The van der Waals surface area contributed by atoms with Gasteiger partial charge in [-0.05, 0) is 17.5 Å². The Morgan fingerprint density at radius 3 is 2.67 bits per heavy atom. The van der Waals surface area contributed by atoms with Gasteiger partial charge in [-0.25, -0.2) is 4.98 Å². The summed E-state index contributed by atoms with van der Waals surface area (Å²) in [6.07, 6.45) is 1.52. The summed E-state index contributed by atoms with van der Waals surface area (Å²) in [6.45, 7) is 3.60. The summed E-state index contributed by atoms with van der Waals surface area (Å²) >= 11 is 0. The molecule has 0 atom stereocenters. The monoisotopic (exact) mass is 199 g/mol. The van der Waals surface area contributed by atoms with Crippen molar-refractivity contribution in [2.45, 2.75) is 0 Å². The maximum Gasteiger partial charge on any atom is 0.490 e. The molecule has 1 aromatic carbocycles. The summed E-state index contributed by atoms with van der Waals surface area (Å²) in [4.78, 5) is 4.28. The Hall–Kier alpha value is -1.65. The van der Waals surface area contributed by atoms with Crippen molar-refractivity contribution >= 4 is 29.6 Å². The molecule has 1 heterocycles. The molecule has 0 saturated carbocycles. The van der Waals surface area contributed by atoms with Crippen molar-refractivity contribution in [2.24, 2.45) is 0 Å². The van der Waals surface area contributed by atoms with E-state index in [2.05, 4.69) is 11.6 Å². The van der Waals surface area contributed by atoms with Gasteiger partial charge < -0.3 is 10.0 Å². The number of para-hydroxylation sites is 1. The first-order chi connectivity index (χ1) is 7.22. The van der Waals surface area contributed by atoms with E-state index in [0.717, 1.165) is 10.9 Å². The van der Waals surface area contributed by atoms with Crippen LogP contribution in [0, 0.1) is 0 Å². The molecule has 4 heteroatoms. The normalized spacial score (nSPS) is 10.3. The average molecular weight is 199 g/mol. The van der Waals surface area contributed by atoms with Crippen LogP contribution in [0.1, 0.15) is 5.69 Å². The topological polar surface area (TPSA) is 53.4 Å². The predicted octanol–water partition coefficient (Wildman–Crippen LogP) is 0.558. The Labute approximate surface area is 87.9 Å². The molecular formula is C11H10BNO2. The van der Waals surface area contributed by atoms with E-state index in [1.165, 1.54) is 6.08 Å². The Balaban J connectivity index is 2.74. The Bertz CT molecular complexity index is 511. The molecule has 1 aromatic heterocycles. The van der Waals surface area contributed by atoms with Gasteiger partial charge in [-0.3, -0.25) is 0 Å². The van der Waals surface area contributed by atoms with Gasteiger partial charge in [0.05, 0.1) is 11.2 Å². The zero-order valence-electron chi connectivity index (χ0n) is 8.09. The largest absolute Gasteiger partial charge is 0.490 e. The van der Waals surface area contributed by atoms with Gasteiger partial charge in [0, 0.05) is 5.46 Å². The van der Waals surface area contributed by atoms with E-state index in [1.54, 1.807) is 6.07 Å². The van der Waals surface area contributed by atoms with E-state index >= 15 is 0 Å². The minimum absolute atomic E-state index is 0.378. The average Bonchev–Trinajstić information content (AvgIpc) is 2.27. The van der Waals surface area contributed by atoms with Crippen LogP contribution in [0.25, 0.3) is 17.0 Å². The first-order valence-corrected chi connectivity index (χ1v) is 4.60. The van der Waals surface area contributed by atoms with Crippen LogP contribution in [-0.4, -0.2) is 22.2 Å². The van der Waals surface area contributed by atoms with E-state index in [-0.39, 0.29) is 0 Å². The highest BCUT2D eigenvalue weighted by molar-refractivity contribution is 6.59. The Morgan fingerprint density at radius 2 is 2.00 bits per heavy atom. The molecule has 0 fully saturated rings. The maximum absolute atomic E-state index is 9.16. The molecule has 74 valence electrons. The minimum atomic E-state index is -1.52. The fourth-order valence-corrected chi connectivity index (χ4v) is 1.52. The van der Waals surface area contributed by atoms with Crippen LogP contribution in [0.15, 0.2) is 36.9 Å². The lowest BCUT2D eigenvalue weighted by molar-refractivity contribution is 0.425. The summed E-state index contributed by atoms with van der Waals surface area (Å²) in [5.74, 6) is 0. The van der Waals surface area contributed by atoms with Gasteiger partial charge >= 0.3 is 7.12 Å². The molecule has 0 aliphatic heterocycles. The van der Waals surface area contributed by atoms with Crippen molar-refractivity contribution < 1.29 is 10.0 Å². The Morgan fingerprint density at radius 1 is 1.27 bits per heavy atom.